The quantitative estimate of drug-likeness (QED) is 0.740. The summed E-state index contributed by atoms with van der Waals surface area (Å²) in [5.41, 5.74) is 5.33. The molecule has 6 heteroatoms. The van der Waals surface area contributed by atoms with Crippen LogP contribution in [0, 0.1) is 13.8 Å². The Labute approximate surface area is 153 Å². The average Bonchev–Trinajstić information content (AvgIpc) is 3.01. The SMILES string of the molecule is Cc1cc2nc(CNC(=O)N(C)[C@@H](C)Cc3ccccn3)[nH]c2cc1C. The minimum Gasteiger partial charge on any atom is -0.340 e. The van der Waals surface area contributed by atoms with Crippen LogP contribution in [0.1, 0.15) is 29.6 Å². The van der Waals surface area contributed by atoms with Crippen LogP contribution >= 0.6 is 0 Å². The highest BCUT2D eigenvalue weighted by atomic mass is 16.2. The van der Waals surface area contributed by atoms with E-state index in [-0.39, 0.29) is 12.1 Å². The molecule has 0 unspecified atom stereocenters. The highest BCUT2D eigenvalue weighted by Crippen LogP contribution is 2.17. The molecular weight excluding hydrogens is 326 g/mol. The number of nitrogens with one attached hydrogen (secondary N) is 2. The van der Waals surface area contributed by atoms with Crippen molar-refractivity contribution in [1.82, 2.24) is 25.2 Å². The lowest BCUT2D eigenvalue weighted by Crippen LogP contribution is -2.43. The first-order valence-corrected chi connectivity index (χ1v) is 8.80. The summed E-state index contributed by atoms with van der Waals surface area (Å²) < 4.78 is 0. The van der Waals surface area contributed by atoms with Crippen LogP contribution in [0.5, 0.6) is 0 Å². The lowest BCUT2D eigenvalue weighted by molar-refractivity contribution is 0.193. The molecule has 1 aromatic carbocycles. The van der Waals surface area contributed by atoms with E-state index in [4.69, 9.17) is 0 Å². The summed E-state index contributed by atoms with van der Waals surface area (Å²) >= 11 is 0. The van der Waals surface area contributed by atoms with E-state index in [1.807, 2.05) is 25.1 Å². The third-order valence-electron chi connectivity index (χ3n) is 4.77. The Morgan fingerprint density at radius 1 is 1.27 bits per heavy atom. The molecule has 0 aliphatic heterocycles. The number of amides is 2. The van der Waals surface area contributed by atoms with Gasteiger partial charge in [0.05, 0.1) is 17.6 Å². The number of aromatic amines is 1. The van der Waals surface area contributed by atoms with Crippen molar-refractivity contribution in [3.63, 3.8) is 0 Å². The Morgan fingerprint density at radius 2 is 2.04 bits per heavy atom. The summed E-state index contributed by atoms with van der Waals surface area (Å²) in [5.74, 6) is 0.754. The van der Waals surface area contributed by atoms with Gasteiger partial charge in [-0.25, -0.2) is 9.78 Å². The molecule has 136 valence electrons. The van der Waals surface area contributed by atoms with E-state index in [0.717, 1.165) is 22.6 Å². The number of nitrogens with zero attached hydrogens (tertiary/aromatic N) is 3. The zero-order chi connectivity index (χ0) is 18.7. The minimum atomic E-state index is -0.124. The molecule has 2 aromatic heterocycles. The summed E-state index contributed by atoms with van der Waals surface area (Å²) in [4.78, 5) is 26.3. The van der Waals surface area contributed by atoms with Crippen LogP contribution in [0.3, 0.4) is 0 Å². The second-order valence-electron chi connectivity index (χ2n) is 6.78. The van der Waals surface area contributed by atoms with Crippen molar-refractivity contribution in [3.05, 3.63) is 59.2 Å². The zero-order valence-corrected chi connectivity index (χ0v) is 15.7. The number of aromatic nitrogens is 3. The molecule has 0 saturated heterocycles. The number of carbonyl (C=O) groups excluding carboxylic acids is 1. The molecule has 1 atom stereocenters. The predicted octanol–water partition coefficient (Wildman–Crippen LogP) is 3.35. The van der Waals surface area contributed by atoms with E-state index in [1.54, 1.807) is 18.1 Å². The number of H-pyrrole nitrogens is 1. The maximum Gasteiger partial charge on any atom is 0.317 e. The summed E-state index contributed by atoms with van der Waals surface area (Å²) in [7, 11) is 1.80. The van der Waals surface area contributed by atoms with Crippen LogP contribution in [0.4, 0.5) is 4.79 Å². The molecule has 0 spiro atoms. The molecular formula is C20H25N5O. The first kappa shape index (κ1) is 17.9. The summed E-state index contributed by atoms with van der Waals surface area (Å²) in [5, 5.41) is 2.93. The van der Waals surface area contributed by atoms with Crippen molar-refractivity contribution in [2.75, 3.05) is 7.05 Å². The molecule has 0 bridgehead atoms. The molecule has 2 amide bonds. The molecule has 26 heavy (non-hydrogen) atoms. The Kier molecular flexibility index (Phi) is 5.21. The van der Waals surface area contributed by atoms with Gasteiger partial charge >= 0.3 is 6.03 Å². The van der Waals surface area contributed by atoms with Gasteiger partial charge < -0.3 is 15.2 Å². The van der Waals surface area contributed by atoms with E-state index in [9.17, 15) is 4.79 Å². The minimum absolute atomic E-state index is 0.0471. The van der Waals surface area contributed by atoms with Gasteiger partial charge in [0.2, 0.25) is 0 Å². The number of imidazole rings is 1. The van der Waals surface area contributed by atoms with Gasteiger partial charge in [0.15, 0.2) is 0 Å². The van der Waals surface area contributed by atoms with Crippen molar-refractivity contribution in [3.8, 4) is 0 Å². The van der Waals surface area contributed by atoms with Gasteiger partial charge in [0.1, 0.15) is 5.82 Å². The fraction of sp³-hybridized carbons (Fsp3) is 0.350. The highest BCUT2D eigenvalue weighted by molar-refractivity contribution is 5.77. The number of hydrogen-bond acceptors (Lipinski definition) is 3. The largest absolute Gasteiger partial charge is 0.340 e. The third-order valence-corrected chi connectivity index (χ3v) is 4.77. The standard InChI is InChI=1S/C20H25N5O/c1-13-9-17-18(10-14(13)2)24-19(23-17)12-22-20(26)25(4)15(3)11-16-7-5-6-8-21-16/h5-10,15H,11-12H2,1-4H3,(H,22,26)(H,23,24)/t15-/m0/s1. The van der Waals surface area contributed by atoms with Crippen LogP contribution in [0.2, 0.25) is 0 Å². The topological polar surface area (TPSA) is 73.9 Å². The van der Waals surface area contributed by atoms with E-state index in [0.29, 0.717) is 13.0 Å². The lowest BCUT2D eigenvalue weighted by Gasteiger charge is -2.24. The molecule has 0 aliphatic carbocycles. The van der Waals surface area contributed by atoms with Gasteiger partial charge in [-0.2, -0.15) is 0 Å². The number of hydrogen-bond donors (Lipinski definition) is 2. The van der Waals surface area contributed by atoms with Gasteiger partial charge in [-0.05, 0) is 56.2 Å². The van der Waals surface area contributed by atoms with Crippen molar-refractivity contribution >= 4 is 17.1 Å². The van der Waals surface area contributed by atoms with Crippen molar-refractivity contribution in [1.29, 1.82) is 0 Å². The number of carbonyl (C=O) groups is 1. The summed E-state index contributed by atoms with van der Waals surface area (Å²) in [6.45, 7) is 6.53. The van der Waals surface area contributed by atoms with Crippen molar-refractivity contribution in [2.24, 2.45) is 0 Å². The van der Waals surface area contributed by atoms with Crippen molar-refractivity contribution < 1.29 is 4.79 Å². The summed E-state index contributed by atoms with van der Waals surface area (Å²) in [6, 6.07) is 9.89. The van der Waals surface area contributed by atoms with Crippen molar-refractivity contribution in [2.45, 2.75) is 39.8 Å². The number of aryl methyl sites for hydroxylation is 2. The number of fused-ring (bicyclic) bond motifs is 1. The maximum atomic E-state index is 12.4. The highest BCUT2D eigenvalue weighted by Gasteiger charge is 2.17. The Morgan fingerprint density at radius 3 is 2.77 bits per heavy atom. The second kappa shape index (κ2) is 7.56. The fourth-order valence-electron chi connectivity index (χ4n) is 2.85. The molecule has 3 aromatic rings. The molecule has 0 saturated carbocycles. The molecule has 6 nitrogen and oxygen atoms in total. The number of urea groups is 1. The maximum absolute atomic E-state index is 12.4. The van der Waals surface area contributed by atoms with E-state index in [2.05, 4.69) is 46.2 Å². The number of pyridine rings is 1. The Hall–Kier alpha value is -2.89. The molecule has 0 aliphatic rings. The molecule has 0 fully saturated rings. The van der Waals surface area contributed by atoms with E-state index in [1.165, 1.54) is 11.1 Å². The molecule has 0 radical (unpaired) electrons. The second-order valence-corrected chi connectivity index (χ2v) is 6.78. The normalized spacial score (nSPS) is 12.2. The third kappa shape index (κ3) is 4.02. The Bertz CT molecular complexity index is 864. The van der Waals surface area contributed by atoms with Gasteiger partial charge in [-0.15, -0.1) is 0 Å². The lowest BCUT2D eigenvalue weighted by atomic mass is 10.1. The Balaban J connectivity index is 1.59. The van der Waals surface area contributed by atoms with Gasteiger partial charge in [0.25, 0.3) is 0 Å². The molecule has 2 heterocycles. The van der Waals surface area contributed by atoms with Crippen LogP contribution in [-0.4, -0.2) is 39.0 Å². The van der Waals surface area contributed by atoms with E-state index >= 15 is 0 Å². The predicted molar refractivity (Wildman–Crippen MR) is 103 cm³/mol. The molecule has 3 rings (SSSR count). The van der Waals surface area contributed by atoms with E-state index < -0.39 is 0 Å². The fourth-order valence-corrected chi connectivity index (χ4v) is 2.85. The zero-order valence-electron chi connectivity index (χ0n) is 15.7. The van der Waals surface area contributed by atoms with Crippen LogP contribution in [0.25, 0.3) is 11.0 Å². The number of rotatable bonds is 5. The first-order chi connectivity index (χ1) is 12.4. The van der Waals surface area contributed by atoms with Gasteiger partial charge in [-0.1, -0.05) is 6.07 Å². The number of likely N-dealkylation sites (N-methyl/N-ethyl adjacent to an activating group) is 1. The first-order valence-electron chi connectivity index (χ1n) is 8.80. The molecule has 2 N–H and O–H groups in total. The van der Waals surface area contributed by atoms with Crippen LogP contribution < -0.4 is 5.32 Å². The van der Waals surface area contributed by atoms with Crippen LogP contribution in [0.15, 0.2) is 36.5 Å². The average molecular weight is 351 g/mol. The van der Waals surface area contributed by atoms with Gasteiger partial charge in [0, 0.05) is 31.4 Å². The van der Waals surface area contributed by atoms with Crippen LogP contribution in [-0.2, 0) is 13.0 Å². The smallest absolute Gasteiger partial charge is 0.317 e. The number of benzene rings is 1. The van der Waals surface area contributed by atoms with Gasteiger partial charge in [-0.3, -0.25) is 4.98 Å². The monoisotopic (exact) mass is 351 g/mol. The summed E-state index contributed by atoms with van der Waals surface area (Å²) in [6.07, 6.45) is 2.49.